The zero-order valence-corrected chi connectivity index (χ0v) is 25.1. The molecule has 17 heteroatoms. The average molecular weight is 699 g/mol. The van der Waals surface area contributed by atoms with Gasteiger partial charge in [0.25, 0.3) is 0 Å². The Kier molecular flexibility index (Phi) is 9.97. The maximum absolute atomic E-state index is 13.7. The van der Waals surface area contributed by atoms with Crippen molar-refractivity contribution < 1.29 is 83.3 Å². The number of rotatable bonds is 12. The fraction of sp³-hybridized carbons (Fsp3) is 0. The summed E-state index contributed by atoms with van der Waals surface area (Å²) in [6.45, 7) is 0. The molecule has 0 unspecified atom stereocenters. The highest BCUT2D eigenvalue weighted by atomic mass is 16.6. The van der Waals surface area contributed by atoms with Crippen LogP contribution in [0, 0.1) is 0 Å². The van der Waals surface area contributed by atoms with Gasteiger partial charge in [0.2, 0.25) is 0 Å². The molecule has 0 atom stereocenters. The van der Waals surface area contributed by atoms with Crippen LogP contribution in [0.5, 0.6) is 0 Å². The zero-order chi connectivity index (χ0) is 37.9. The summed E-state index contributed by atoms with van der Waals surface area (Å²) < 4.78 is 4.81. The molecule has 4 aromatic carbocycles. The fourth-order valence-corrected chi connectivity index (χ4v) is 5.06. The highest BCUT2D eigenvalue weighted by Gasteiger charge is 2.34. The Hall–Kier alpha value is -7.82. The minimum absolute atomic E-state index is 0.787. The lowest BCUT2D eigenvalue weighted by atomic mass is 9.90. The molecule has 0 aliphatic carbocycles. The standard InChI is InChI=1S/C34H18O17/c35-25(13-5-1-9-17(27(37)38)21(13)31(45)46)15-7-3-11-19(29(41)42)23(15)33(49)51-34(50)24-16(8-4-12-20(24)30(43)44)26(36)14-6-2-10-18(28(39)40)22(14)32(47)48/h1-12H,(H,37,38)(H,39,40)(H,41,42)(H,43,44)(H,45,46)(H,47,48). The summed E-state index contributed by atoms with van der Waals surface area (Å²) in [7, 11) is 0. The van der Waals surface area contributed by atoms with Crippen molar-refractivity contribution in [3.05, 3.63) is 140 Å². The van der Waals surface area contributed by atoms with Crippen molar-refractivity contribution >= 4 is 59.3 Å². The van der Waals surface area contributed by atoms with Crippen molar-refractivity contribution in [2.45, 2.75) is 0 Å². The van der Waals surface area contributed by atoms with Crippen LogP contribution < -0.4 is 0 Å². The van der Waals surface area contributed by atoms with Crippen LogP contribution in [0.3, 0.4) is 0 Å². The quantitative estimate of drug-likeness (QED) is 0.0702. The summed E-state index contributed by atoms with van der Waals surface area (Å²) in [5.41, 5.74) is -11.4. The maximum Gasteiger partial charge on any atom is 0.347 e. The van der Waals surface area contributed by atoms with Crippen molar-refractivity contribution in [1.29, 1.82) is 0 Å². The van der Waals surface area contributed by atoms with E-state index in [-0.39, 0.29) is 0 Å². The number of ketones is 2. The lowest BCUT2D eigenvalue weighted by Gasteiger charge is -2.15. The van der Waals surface area contributed by atoms with Crippen LogP contribution in [0.2, 0.25) is 0 Å². The van der Waals surface area contributed by atoms with Gasteiger partial charge in [-0.15, -0.1) is 0 Å². The van der Waals surface area contributed by atoms with Crippen LogP contribution in [0.25, 0.3) is 0 Å². The van der Waals surface area contributed by atoms with Crippen LogP contribution in [0.4, 0.5) is 0 Å². The Morgan fingerprint density at radius 1 is 0.314 bits per heavy atom. The first-order valence-electron chi connectivity index (χ1n) is 13.8. The summed E-state index contributed by atoms with van der Waals surface area (Å²) in [6.07, 6.45) is 0. The molecule has 6 N–H and O–H groups in total. The molecule has 0 aliphatic rings. The summed E-state index contributed by atoms with van der Waals surface area (Å²) in [4.78, 5) is 126. The number of carboxylic acid groups (broad SMARTS) is 6. The Bertz CT molecular complexity index is 2120. The Balaban J connectivity index is 1.90. The van der Waals surface area contributed by atoms with Gasteiger partial charge in [0, 0.05) is 22.3 Å². The second kappa shape index (κ2) is 14.1. The molecular weight excluding hydrogens is 680 g/mol. The predicted octanol–water partition coefficient (Wildman–Crippen LogP) is 3.34. The minimum Gasteiger partial charge on any atom is -0.478 e. The van der Waals surface area contributed by atoms with Gasteiger partial charge >= 0.3 is 47.8 Å². The van der Waals surface area contributed by atoms with E-state index < -0.39 is 126 Å². The molecule has 4 rings (SSSR count). The third-order valence-corrected chi connectivity index (χ3v) is 7.18. The first-order chi connectivity index (χ1) is 24.0. The topological polar surface area (TPSA) is 301 Å². The van der Waals surface area contributed by atoms with Crippen molar-refractivity contribution in [2.75, 3.05) is 0 Å². The number of hydrogen-bond acceptors (Lipinski definition) is 11. The molecular formula is C34H18O17. The largest absolute Gasteiger partial charge is 0.478 e. The molecule has 0 saturated heterocycles. The van der Waals surface area contributed by atoms with E-state index >= 15 is 0 Å². The number of hydrogen-bond donors (Lipinski definition) is 6. The molecule has 17 nitrogen and oxygen atoms in total. The van der Waals surface area contributed by atoms with Crippen LogP contribution in [-0.2, 0) is 4.74 Å². The number of aromatic carboxylic acids is 6. The highest BCUT2D eigenvalue weighted by molar-refractivity contribution is 6.25. The molecule has 0 spiro atoms. The molecule has 256 valence electrons. The van der Waals surface area contributed by atoms with E-state index in [0.29, 0.717) is 0 Å². The number of carbonyl (C=O) groups is 10. The van der Waals surface area contributed by atoms with E-state index in [1.165, 1.54) is 0 Å². The lowest BCUT2D eigenvalue weighted by molar-refractivity contribution is 0.0382. The third kappa shape index (κ3) is 6.79. The SMILES string of the molecule is O=C(O)c1cccc(C(=O)c2cccc(C(=O)O)c2C(=O)OC(=O)c2c(C(=O)O)cccc2C(=O)c2cccc(C(=O)O)c2C(=O)O)c1C(=O)O. The molecule has 0 bridgehead atoms. The Morgan fingerprint density at radius 3 is 0.765 bits per heavy atom. The van der Waals surface area contributed by atoms with Crippen molar-refractivity contribution in [2.24, 2.45) is 0 Å². The van der Waals surface area contributed by atoms with E-state index in [2.05, 4.69) is 0 Å². The van der Waals surface area contributed by atoms with Crippen LogP contribution in [0.1, 0.15) is 115 Å². The molecule has 0 radical (unpaired) electrons. The van der Waals surface area contributed by atoms with Crippen LogP contribution >= 0.6 is 0 Å². The fourth-order valence-electron chi connectivity index (χ4n) is 5.06. The van der Waals surface area contributed by atoms with Crippen molar-refractivity contribution in [3.8, 4) is 0 Å². The first kappa shape index (κ1) is 36.0. The number of carboxylic acids is 6. The van der Waals surface area contributed by atoms with Gasteiger partial charge < -0.3 is 35.4 Å². The minimum atomic E-state index is -1.93. The third-order valence-electron chi connectivity index (χ3n) is 7.18. The van der Waals surface area contributed by atoms with Gasteiger partial charge in [-0.2, -0.15) is 0 Å². The predicted molar refractivity (Wildman–Crippen MR) is 164 cm³/mol. The normalized spacial score (nSPS) is 10.4. The van der Waals surface area contributed by atoms with Gasteiger partial charge in [0.1, 0.15) is 0 Å². The van der Waals surface area contributed by atoms with Crippen molar-refractivity contribution in [3.63, 3.8) is 0 Å². The highest BCUT2D eigenvalue weighted by Crippen LogP contribution is 2.27. The summed E-state index contributed by atoms with van der Waals surface area (Å²) >= 11 is 0. The lowest BCUT2D eigenvalue weighted by Crippen LogP contribution is -2.24. The van der Waals surface area contributed by atoms with E-state index in [9.17, 15) is 78.6 Å². The van der Waals surface area contributed by atoms with E-state index in [4.69, 9.17) is 4.74 Å². The summed E-state index contributed by atoms with van der Waals surface area (Å²) in [6, 6.07) is 10.6. The Morgan fingerprint density at radius 2 is 0.529 bits per heavy atom. The monoisotopic (exact) mass is 698 g/mol. The molecule has 0 aromatic heterocycles. The number of benzene rings is 4. The zero-order valence-electron chi connectivity index (χ0n) is 25.1. The van der Waals surface area contributed by atoms with Crippen molar-refractivity contribution in [1.82, 2.24) is 0 Å². The van der Waals surface area contributed by atoms with E-state index in [1.807, 2.05) is 0 Å². The molecule has 4 aromatic rings. The van der Waals surface area contributed by atoms with E-state index in [0.717, 1.165) is 72.8 Å². The molecule has 51 heavy (non-hydrogen) atoms. The van der Waals surface area contributed by atoms with E-state index in [1.54, 1.807) is 0 Å². The first-order valence-corrected chi connectivity index (χ1v) is 13.8. The van der Waals surface area contributed by atoms with Gasteiger partial charge in [0.05, 0.1) is 44.5 Å². The molecule has 0 saturated carbocycles. The van der Waals surface area contributed by atoms with Gasteiger partial charge in [-0.05, 0) is 24.3 Å². The van der Waals surface area contributed by atoms with Crippen LogP contribution in [-0.4, -0.2) is 90.0 Å². The molecule has 0 amide bonds. The Labute approximate surface area is 282 Å². The smallest absolute Gasteiger partial charge is 0.347 e. The molecule has 0 heterocycles. The van der Waals surface area contributed by atoms with Crippen LogP contribution in [0.15, 0.2) is 72.8 Å². The van der Waals surface area contributed by atoms with Gasteiger partial charge in [0.15, 0.2) is 11.6 Å². The number of carbonyl (C=O) groups excluding carboxylic acids is 4. The van der Waals surface area contributed by atoms with Gasteiger partial charge in [-0.3, -0.25) is 9.59 Å². The second-order valence-corrected chi connectivity index (χ2v) is 10.1. The number of ether oxygens (including phenoxy) is 1. The second-order valence-electron chi connectivity index (χ2n) is 10.1. The number of esters is 2. The molecule has 0 fully saturated rings. The van der Waals surface area contributed by atoms with Gasteiger partial charge in [-0.1, -0.05) is 48.5 Å². The van der Waals surface area contributed by atoms with Gasteiger partial charge in [-0.25, -0.2) is 38.4 Å². The summed E-state index contributed by atoms with van der Waals surface area (Å²) in [5.74, 6) is -17.7. The molecule has 0 aliphatic heterocycles. The maximum atomic E-state index is 13.7. The summed E-state index contributed by atoms with van der Waals surface area (Å²) in [5, 5.41) is 57.9. The average Bonchev–Trinajstić information content (AvgIpc) is 3.09.